The highest BCUT2D eigenvalue weighted by molar-refractivity contribution is 7.07. The quantitative estimate of drug-likeness (QED) is 0.891. The Morgan fingerprint density at radius 1 is 1.18 bits per heavy atom. The molecule has 0 aliphatic carbocycles. The summed E-state index contributed by atoms with van der Waals surface area (Å²) < 4.78 is 0. The first kappa shape index (κ1) is 15.7. The van der Waals surface area contributed by atoms with Crippen molar-refractivity contribution in [1.29, 1.82) is 0 Å². The Morgan fingerprint density at radius 3 is 2.68 bits per heavy atom. The highest BCUT2D eigenvalue weighted by Crippen LogP contribution is 2.34. The van der Waals surface area contributed by atoms with E-state index in [1.807, 2.05) is 18.2 Å². The third-order valence-electron chi connectivity index (χ3n) is 4.66. The maximum Gasteiger partial charge on any atom is 0.0646 e. The molecule has 0 spiro atoms. The van der Waals surface area contributed by atoms with Crippen molar-refractivity contribution in [3.63, 3.8) is 0 Å². The van der Waals surface area contributed by atoms with Crippen LogP contribution in [0.3, 0.4) is 0 Å². The van der Waals surface area contributed by atoms with Crippen LogP contribution < -0.4 is 0 Å². The van der Waals surface area contributed by atoms with E-state index in [4.69, 9.17) is 0 Å². The summed E-state index contributed by atoms with van der Waals surface area (Å²) in [5, 5.41) is 24.8. The molecule has 2 aromatic rings. The van der Waals surface area contributed by atoms with Crippen molar-refractivity contribution in [2.24, 2.45) is 5.41 Å². The van der Waals surface area contributed by atoms with Gasteiger partial charge < -0.3 is 10.2 Å². The molecule has 2 N–H and O–H groups in total. The number of rotatable bonds is 5. The molecular formula is C18H23NO2S. The second kappa shape index (κ2) is 6.92. The van der Waals surface area contributed by atoms with Crippen LogP contribution in [0.2, 0.25) is 0 Å². The van der Waals surface area contributed by atoms with Crippen molar-refractivity contribution >= 4 is 11.3 Å². The van der Waals surface area contributed by atoms with Gasteiger partial charge in [-0.05, 0) is 40.8 Å². The number of nitrogens with zero attached hydrogens (tertiary/aromatic N) is 1. The van der Waals surface area contributed by atoms with Gasteiger partial charge in [-0.25, -0.2) is 0 Å². The molecule has 1 aliphatic rings. The summed E-state index contributed by atoms with van der Waals surface area (Å²) in [6.45, 7) is 2.53. The molecular weight excluding hydrogens is 294 g/mol. The molecule has 0 bridgehead atoms. The molecule has 1 saturated heterocycles. The Hall–Kier alpha value is -1.20. The second-order valence-electron chi connectivity index (χ2n) is 6.33. The summed E-state index contributed by atoms with van der Waals surface area (Å²) in [6, 6.07) is 12.3. The van der Waals surface area contributed by atoms with Gasteiger partial charge in [-0.15, -0.1) is 0 Å². The van der Waals surface area contributed by atoms with Crippen molar-refractivity contribution in [3.05, 3.63) is 58.3 Å². The van der Waals surface area contributed by atoms with E-state index in [2.05, 4.69) is 33.9 Å². The Bertz CT molecular complexity index is 572. The van der Waals surface area contributed by atoms with E-state index in [1.54, 1.807) is 11.3 Å². The zero-order chi connectivity index (χ0) is 15.4. The van der Waals surface area contributed by atoms with Gasteiger partial charge in [0.25, 0.3) is 0 Å². The number of likely N-dealkylation sites (tertiary alicyclic amines) is 1. The molecule has 1 aliphatic heterocycles. The summed E-state index contributed by atoms with van der Waals surface area (Å²) in [5.74, 6) is 0. The topological polar surface area (TPSA) is 43.7 Å². The van der Waals surface area contributed by atoms with Crippen LogP contribution in [0.5, 0.6) is 0 Å². The number of hydrogen-bond acceptors (Lipinski definition) is 4. The van der Waals surface area contributed by atoms with Crippen molar-refractivity contribution < 1.29 is 10.2 Å². The molecule has 1 aromatic heterocycles. The van der Waals surface area contributed by atoms with Gasteiger partial charge in [-0.1, -0.05) is 30.3 Å². The predicted molar refractivity (Wildman–Crippen MR) is 89.9 cm³/mol. The smallest absolute Gasteiger partial charge is 0.0646 e. The lowest BCUT2D eigenvalue weighted by Crippen LogP contribution is -2.54. The molecule has 1 fully saturated rings. The maximum absolute atomic E-state index is 10.5. The molecule has 22 heavy (non-hydrogen) atoms. The molecule has 2 heterocycles. The lowest BCUT2D eigenvalue weighted by Gasteiger charge is -2.45. The van der Waals surface area contributed by atoms with Crippen molar-refractivity contribution in [2.75, 3.05) is 19.7 Å². The van der Waals surface area contributed by atoms with Crippen molar-refractivity contribution in [3.8, 4) is 0 Å². The van der Waals surface area contributed by atoms with Crippen LogP contribution in [0.25, 0.3) is 0 Å². The van der Waals surface area contributed by atoms with E-state index >= 15 is 0 Å². The third kappa shape index (κ3) is 3.41. The fraction of sp³-hybridized carbons (Fsp3) is 0.444. The Kier molecular flexibility index (Phi) is 4.93. The van der Waals surface area contributed by atoms with Gasteiger partial charge in [0.1, 0.15) is 0 Å². The first-order valence-corrected chi connectivity index (χ1v) is 8.72. The summed E-state index contributed by atoms with van der Waals surface area (Å²) in [5.41, 5.74) is 2.02. The largest absolute Gasteiger partial charge is 0.396 e. The van der Waals surface area contributed by atoms with Gasteiger partial charge in [-0.2, -0.15) is 11.3 Å². The molecule has 0 unspecified atom stereocenters. The second-order valence-corrected chi connectivity index (χ2v) is 7.11. The highest BCUT2D eigenvalue weighted by Gasteiger charge is 2.42. The van der Waals surface area contributed by atoms with Crippen molar-refractivity contribution in [1.82, 2.24) is 4.90 Å². The lowest BCUT2D eigenvalue weighted by molar-refractivity contribution is -0.0768. The Balaban J connectivity index is 1.75. The minimum atomic E-state index is -0.463. The molecule has 3 nitrogen and oxygen atoms in total. The van der Waals surface area contributed by atoms with Gasteiger partial charge in [0.05, 0.1) is 12.7 Å². The van der Waals surface area contributed by atoms with Crippen LogP contribution >= 0.6 is 11.3 Å². The van der Waals surface area contributed by atoms with Gasteiger partial charge >= 0.3 is 0 Å². The average Bonchev–Trinajstić information content (AvgIpc) is 3.04. The molecule has 3 rings (SSSR count). The van der Waals surface area contributed by atoms with Crippen LogP contribution in [0.15, 0.2) is 47.2 Å². The maximum atomic E-state index is 10.5. The monoisotopic (exact) mass is 317 g/mol. The minimum Gasteiger partial charge on any atom is -0.396 e. The standard InChI is InChI=1S/C18H23NO2S/c20-14-18(10-15-4-2-1-3-5-15)13-19(8-6-17(18)21)11-16-7-9-22-12-16/h1-5,7,9,12,17,20-21H,6,8,10-11,13-14H2/t17-,18+/m0/s1. The molecule has 0 radical (unpaired) electrons. The molecule has 0 amide bonds. The van der Waals surface area contributed by atoms with Crippen LogP contribution in [-0.2, 0) is 13.0 Å². The number of aliphatic hydroxyl groups is 2. The van der Waals surface area contributed by atoms with Gasteiger partial charge in [0.2, 0.25) is 0 Å². The zero-order valence-electron chi connectivity index (χ0n) is 12.7. The molecule has 118 valence electrons. The Labute approximate surface area is 135 Å². The predicted octanol–water partition coefficient (Wildman–Crippen LogP) is 2.54. The van der Waals surface area contributed by atoms with Gasteiger partial charge in [0, 0.05) is 25.0 Å². The van der Waals surface area contributed by atoms with Crippen LogP contribution in [0, 0.1) is 5.41 Å². The number of aliphatic hydroxyl groups excluding tert-OH is 2. The summed E-state index contributed by atoms with van der Waals surface area (Å²) in [6.07, 6.45) is 0.986. The normalized spacial score (nSPS) is 26.2. The first-order valence-electron chi connectivity index (χ1n) is 7.78. The van der Waals surface area contributed by atoms with E-state index in [0.29, 0.717) is 6.42 Å². The van der Waals surface area contributed by atoms with Crippen molar-refractivity contribution in [2.45, 2.75) is 25.5 Å². The molecule has 4 heteroatoms. The van der Waals surface area contributed by atoms with Gasteiger partial charge in [-0.3, -0.25) is 4.90 Å². The molecule has 0 saturated carbocycles. The fourth-order valence-electron chi connectivity index (χ4n) is 3.40. The highest BCUT2D eigenvalue weighted by atomic mass is 32.1. The fourth-order valence-corrected chi connectivity index (χ4v) is 4.06. The first-order chi connectivity index (χ1) is 10.7. The zero-order valence-corrected chi connectivity index (χ0v) is 13.5. The summed E-state index contributed by atoms with van der Waals surface area (Å²) in [4.78, 5) is 2.36. The van der Waals surface area contributed by atoms with Crippen LogP contribution in [-0.4, -0.2) is 40.9 Å². The van der Waals surface area contributed by atoms with Crippen LogP contribution in [0.4, 0.5) is 0 Å². The van der Waals surface area contributed by atoms with Crippen LogP contribution in [0.1, 0.15) is 17.5 Å². The number of hydrogen-bond donors (Lipinski definition) is 2. The SMILES string of the molecule is OC[C@@]1(Cc2ccccc2)CN(Cc2ccsc2)CC[C@@H]1O. The van der Waals surface area contributed by atoms with Gasteiger partial charge in [0.15, 0.2) is 0 Å². The number of benzene rings is 1. The van der Waals surface area contributed by atoms with E-state index < -0.39 is 11.5 Å². The lowest BCUT2D eigenvalue weighted by atomic mass is 9.73. The van der Waals surface area contributed by atoms with E-state index in [0.717, 1.165) is 26.1 Å². The Morgan fingerprint density at radius 2 is 2.00 bits per heavy atom. The number of piperidine rings is 1. The third-order valence-corrected chi connectivity index (χ3v) is 5.40. The van der Waals surface area contributed by atoms with E-state index in [-0.39, 0.29) is 6.61 Å². The minimum absolute atomic E-state index is 0.0171. The molecule has 1 aromatic carbocycles. The summed E-state index contributed by atoms with van der Waals surface area (Å²) in [7, 11) is 0. The number of thiophene rings is 1. The summed E-state index contributed by atoms with van der Waals surface area (Å²) >= 11 is 1.71. The van der Waals surface area contributed by atoms with E-state index in [9.17, 15) is 10.2 Å². The molecule has 2 atom stereocenters. The van der Waals surface area contributed by atoms with E-state index in [1.165, 1.54) is 11.1 Å². The average molecular weight is 317 g/mol.